The van der Waals surface area contributed by atoms with E-state index >= 15 is 0 Å². The molecule has 0 fully saturated rings. The third-order valence-electron chi connectivity index (χ3n) is 2.64. The highest BCUT2D eigenvalue weighted by Gasteiger charge is 2.22. The minimum Gasteiger partial charge on any atom is -0.383 e. The molecule has 0 aromatic carbocycles. The number of hydrogen-bond acceptors (Lipinski definition) is 5. The summed E-state index contributed by atoms with van der Waals surface area (Å²) in [7, 11) is 1.55. The molecule has 1 amide bonds. The lowest BCUT2D eigenvalue weighted by atomic mass is 10.3. The van der Waals surface area contributed by atoms with Gasteiger partial charge in [0.25, 0.3) is 0 Å². The van der Waals surface area contributed by atoms with Crippen molar-refractivity contribution in [2.24, 2.45) is 0 Å². The van der Waals surface area contributed by atoms with E-state index in [0.717, 1.165) is 0 Å². The van der Waals surface area contributed by atoms with Crippen molar-refractivity contribution < 1.29 is 14.5 Å². The van der Waals surface area contributed by atoms with Crippen LogP contribution in [0.15, 0.2) is 0 Å². The molecule has 0 aliphatic rings. The maximum Gasteiger partial charge on any atom is 0.312 e. The fourth-order valence-electron chi connectivity index (χ4n) is 1.85. The Labute approximate surface area is 110 Å². The number of nitrogens with zero attached hydrogens (tertiary/aromatic N) is 3. The minimum absolute atomic E-state index is 0.0438. The lowest BCUT2D eigenvalue weighted by Gasteiger charge is -2.12. The van der Waals surface area contributed by atoms with E-state index in [-0.39, 0.29) is 24.2 Å². The number of hydrogen-bond donors (Lipinski definition) is 1. The maximum absolute atomic E-state index is 11.7. The van der Waals surface area contributed by atoms with Crippen molar-refractivity contribution >= 4 is 11.6 Å². The summed E-state index contributed by atoms with van der Waals surface area (Å²) in [6, 6.07) is -0.121. The third-order valence-corrected chi connectivity index (χ3v) is 2.64. The first kappa shape index (κ1) is 15.1. The fourth-order valence-corrected chi connectivity index (χ4v) is 1.85. The largest absolute Gasteiger partial charge is 0.383 e. The number of aromatic nitrogens is 2. The van der Waals surface area contributed by atoms with Crippen LogP contribution in [0.25, 0.3) is 0 Å². The third kappa shape index (κ3) is 3.75. The normalized spacial score (nSPS) is 12.2. The van der Waals surface area contributed by atoms with E-state index < -0.39 is 4.92 Å². The molecule has 1 unspecified atom stereocenters. The van der Waals surface area contributed by atoms with Gasteiger partial charge in [-0.15, -0.1) is 0 Å². The summed E-state index contributed by atoms with van der Waals surface area (Å²) in [5.74, 6) is -0.259. The Morgan fingerprint density at radius 3 is 2.68 bits per heavy atom. The summed E-state index contributed by atoms with van der Waals surface area (Å²) < 4.78 is 6.24. The first-order chi connectivity index (χ1) is 8.86. The Bertz CT molecular complexity index is 483. The zero-order chi connectivity index (χ0) is 14.6. The summed E-state index contributed by atoms with van der Waals surface area (Å²) in [6.07, 6.45) is 0. The highest BCUT2D eigenvalue weighted by Crippen LogP contribution is 2.21. The van der Waals surface area contributed by atoms with Crippen LogP contribution in [0.1, 0.15) is 18.3 Å². The van der Waals surface area contributed by atoms with Crippen molar-refractivity contribution in [3.8, 4) is 0 Å². The van der Waals surface area contributed by atoms with Gasteiger partial charge in [0.15, 0.2) is 0 Å². The van der Waals surface area contributed by atoms with E-state index in [1.54, 1.807) is 21.0 Å². The van der Waals surface area contributed by atoms with E-state index in [2.05, 4.69) is 10.4 Å². The van der Waals surface area contributed by atoms with Gasteiger partial charge in [0.1, 0.15) is 17.9 Å². The van der Waals surface area contributed by atoms with Gasteiger partial charge in [-0.1, -0.05) is 0 Å². The average molecular weight is 270 g/mol. The Morgan fingerprint density at radius 2 is 2.21 bits per heavy atom. The molecular formula is C11H18N4O4. The number of methoxy groups -OCH3 is 1. The number of carbonyl (C=O) groups is 1. The van der Waals surface area contributed by atoms with Crippen LogP contribution in [-0.2, 0) is 16.1 Å². The van der Waals surface area contributed by atoms with Gasteiger partial charge in [-0.3, -0.25) is 19.6 Å². The summed E-state index contributed by atoms with van der Waals surface area (Å²) in [6.45, 7) is 5.29. The van der Waals surface area contributed by atoms with E-state index in [1.807, 2.05) is 6.92 Å². The molecule has 1 atom stereocenters. The molecule has 8 nitrogen and oxygen atoms in total. The number of aryl methyl sites for hydroxylation is 1. The van der Waals surface area contributed by atoms with Crippen LogP contribution < -0.4 is 5.32 Å². The molecule has 8 heteroatoms. The summed E-state index contributed by atoms with van der Waals surface area (Å²) in [4.78, 5) is 22.1. The van der Waals surface area contributed by atoms with Crippen LogP contribution in [0.5, 0.6) is 0 Å². The molecule has 0 saturated carbocycles. The highest BCUT2D eigenvalue weighted by molar-refractivity contribution is 5.76. The predicted octanol–water partition coefficient (Wildman–Crippen LogP) is 0.559. The Balaban J connectivity index is 2.75. The zero-order valence-corrected chi connectivity index (χ0v) is 11.5. The molecule has 0 saturated heterocycles. The van der Waals surface area contributed by atoms with Gasteiger partial charge in [-0.2, -0.15) is 5.10 Å². The van der Waals surface area contributed by atoms with Crippen molar-refractivity contribution in [1.82, 2.24) is 15.1 Å². The number of nitro groups is 1. The maximum atomic E-state index is 11.7. The molecule has 19 heavy (non-hydrogen) atoms. The first-order valence-corrected chi connectivity index (χ1v) is 5.83. The lowest BCUT2D eigenvalue weighted by molar-refractivity contribution is -0.386. The molecule has 0 spiro atoms. The van der Waals surface area contributed by atoms with Gasteiger partial charge in [0, 0.05) is 13.2 Å². The van der Waals surface area contributed by atoms with Crippen molar-refractivity contribution in [3.63, 3.8) is 0 Å². The second-order valence-corrected chi connectivity index (χ2v) is 4.36. The van der Waals surface area contributed by atoms with E-state index in [0.29, 0.717) is 18.0 Å². The zero-order valence-electron chi connectivity index (χ0n) is 11.5. The van der Waals surface area contributed by atoms with Gasteiger partial charge in [-0.05, 0) is 20.8 Å². The summed E-state index contributed by atoms with van der Waals surface area (Å²) in [5.41, 5.74) is 0.634. The molecule has 0 aliphatic heterocycles. The van der Waals surface area contributed by atoms with Crippen LogP contribution in [0.2, 0.25) is 0 Å². The van der Waals surface area contributed by atoms with E-state index in [9.17, 15) is 14.9 Å². The quantitative estimate of drug-likeness (QED) is 0.601. The van der Waals surface area contributed by atoms with Crippen LogP contribution in [0, 0.1) is 24.0 Å². The Morgan fingerprint density at radius 1 is 1.58 bits per heavy atom. The smallest absolute Gasteiger partial charge is 0.312 e. The number of carbonyl (C=O) groups excluding carboxylic acids is 1. The monoisotopic (exact) mass is 270 g/mol. The van der Waals surface area contributed by atoms with Crippen molar-refractivity contribution in [2.75, 3.05) is 13.7 Å². The molecule has 106 valence electrons. The molecule has 1 N–H and O–H groups in total. The van der Waals surface area contributed by atoms with Crippen molar-refractivity contribution in [2.45, 2.75) is 33.4 Å². The van der Waals surface area contributed by atoms with Gasteiger partial charge < -0.3 is 10.1 Å². The summed E-state index contributed by atoms with van der Waals surface area (Å²) in [5, 5.41) is 17.6. The van der Waals surface area contributed by atoms with Crippen LogP contribution in [0.4, 0.5) is 5.69 Å². The molecule has 1 heterocycles. The number of rotatable bonds is 6. The molecule has 1 aromatic rings. The predicted molar refractivity (Wildman–Crippen MR) is 67.8 cm³/mol. The first-order valence-electron chi connectivity index (χ1n) is 5.83. The molecule has 0 aliphatic carbocycles. The summed E-state index contributed by atoms with van der Waals surface area (Å²) >= 11 is 0. The SMILES string of the molecule is COCC(C)NC(=O)Cn1nc(C)c([N+](=O)[O-])c1C. The standard InChI is InChI=1S/C11H18N4O4/c1-7(6-19-4)12-10(16)5-14-9(3)11(15(17)18)8(2)13-14/h7H,5-6H2,1-4H3,(H,12,16). The minimum atomic E-state index is -0.486. The van der Waals surface area contributed by atoms with Crippen LogP contribution >= 0.6 is 0 Å². The number of nitrogens with one attached hydrogen (secondary N) is 1. The van der Waals surface area contributed by atoms with E-state index in [1.165, 1.54) is 4.68 Å². The number of ether oxygens (including phenoxy) is 1. The van der Waals surface area contributed by atoms with E-state index in [4.69, 9.17) is 4.74 Å². The van der Waals surface area contributed by atoms with Crippen molar-refractivity contribution in [3.05, 3.63) is 21.5 Å². The van der Waals surface area contributed by atoms with Gasteiger partial charge >= 0.3 is 5.69 Å². The average Bonchev–Trinajstić information content (AvgIpc) is 2.53. The van der Waals surface area contributed by atoms with Crippen LogP contribution in [0.3, 0.4) is 0 Å². The number of amides is 1. The van der Waals surface area contributed by atoms with Crippen molar-refractivity contribution in [1.29, 1.82) is 0 Å². The van der Waals surface area contributed by atoms with Gasteiger partial charge in [0.2, 0.25) is 5.91 Å². The van der Waals surface area contributed by atoms with Gasteiger partial charge in [-0.25, -0.2) is 0 Å². The topological polar surface area (TPSA) is 99.3 Å². The highest BCUT2D eigenvalue weighted by atomic mass is 16.6. The molecule has 0 bridgehead atoms. The van der Waals surface area contributed by atoms with Gasteiger partial charge in [0.05, 0.1) is 11.5 Å². The Hall–Kier alpha value is -1.96. The molecule has 1 aromatic heterocycles. The fraction of sp³-hybridized carbons (Fsp3) is 0.636. The van der Waals surface area contributed by atoms with Crippen LogP contribution in [-0.4, -0.2) is 40.4 Å². The Kier molecular flexibility index (Phi) is 4.99. The lowest BCUT2D eigenvalue weighted by Crippen LogP contribution is -2.38. The molecular weight excluding hydrogens is 252 g/mol. The molecule has 0 radical (unpaired) electrons. The second kappa shape index (κ2) is 6.28. The second-order valence-electron chi connectivity index (χ2n) is 4.36. The molecule has 1 rings (SSSR count).